The molecule has 1 aromatic rings. The van der Waals surface area contributed by atoms with Crippen LogP contribution >= 0.6 is 0 Å². The molecule has 2 N–H and O–H groups in total. The Morgan fingerprint density at radius 1 is 1.56 bits per heavy atom. The van der Waals surface area contributed by atoms with Gasteiger partial charge >= 0.3 is 0 Å². The van der Waals surface area contributed by atoms with E-state index in [0.29, 0.717) is 17.4 Å². The van der Waals surface area contributed by atoms with Crippen LogP contribution in [0.25, 0.3) is 0 Å². The Balaban J connectivity index is 2.33. The molecule has 0 aliphatic heterocycles. The van der Waals surface area contributed by atoms with E-state index >= 15 is 0 Å². The van der Waals surface area contributed by atoms with Crippen molar-refractivity contribution in [1.82, 2.24) is 4.98 Å². The molecule has 1 aromatic heterocycles. The molecule has 0 aromatic carbocycles. The van der Waals surface area contributed by atoms with Gasteiger partial charge < -0.3 is 10.5 Å². The van der Waals surface area contributed by atoms with Gasteiger partial charge in [0.2, 0.25) is 5.91 Å². The summed E-state index contributed by atoms with van der Waals surface area (Å²) < 4.78 is 5.74. The second-order valence-corrected chi connectivity index (χ2v) is 4.44. The van der Waals surface area contributed by atoms with Crippen LogP contribution in [-0.2, 0) is 0 Å². The number of hydrogen-bond donors (Lipinski definition) is 1. The van der Waals surface area contributed by atoms with Crippen LogP contribution < -0.4 is 10.5 Å². The van der Waals surface area contributed by atoms with E-state index in [1.807, 2.05) is 13.8 Å². The lowest BCUT2D eigenvalue weighted by Crippen LogP contribution is -2.13. The normalized spacial score (nSPS) is 15.2. The maximum absolute atomic E-state index is 11.1. The van der Waals surface area contributed by atoms with Crippen LogP contribution in [0.3, 0.4) is 0 Å². The zero-order valence-corrected chi connectivity index (χ0v) is 9.56. The van der Waals surface area contributed by atoms with Gasteiger partial charge in [0.1, 0.15) is 5.75 Å². The van der Waals surface area contributed by atoms with Crippen molar-refractivity contribution in [3.8, 4) is 5.75 Å². The first-order valence-corrected chi connectivity index (χ1v) is 5.54. The number of nitrogens with zero attached hydrogens (tertiary/aromatic N) is 1. The molecule has 4 heteroatoms. The van der Waals surface area contributed by atoms with Gasteiger partial charge in [0.05, 0.1) is 17.4 Å². The summed E-state index contributed by atoms with van der Waals surface area (Å²) in [6.07, 6.45) is 3.97. The number of nitrogens with two attached hydrogens (primary N) is 1. The van der Waals surface area contributed by atoms with Crippen LogP contribution in [0.15, 0.2) is 12.3 Å². The number of carbonyl (C=O) groups excluding carboxylic acids is 1. The van der Waals surface area contributed by atoms with Gasteiger partial charge in [0.15, 0.2) is 0 Å². The highest BCUT2D eigenvalue weighted by atomic mass is 16.5. The van der Waals surface area contributed by atoms with Crippen molar-refractivity contribution in [3.05, 3.63) is 23.5 Å². The molecule has 1 saturated carbocycles. The molecule has 1 aliphatic rings. The van der Waals surface area contributed by atoms with E-state index in [1.165, 1.54) is 6.20 Å². The number of pyridine rings is 1. The van der Waals surface area contributed by atoms with Crippen molar-refractivity contribution in [1.29, 1.82) is 0 Å². The van der Waals surface area contributed by atoms with E-state index in [0.717, 1.165) is 18.5 Å². The van der Waals surface area contributed by atoms with Crippen LogP contribution in [0.4, 0.5) is 0 Å². The minimum atomic E-state index is -0.469. The zero-order chi connectivity index (χ0) is 11.7. The highest BCUT2D eigenvalue weighted by molar-refractivity contribution is 5.92. The summed E-state index contributed by atoms with van der Waals surface area (Å²) in [6, 6.07) is 1.70. The highest BCUT2D eigenvalue weighted by Gasteiger charge is 2.25. The number of aromatic nitrogens is 1. The first kappa shape index (κ1) is 10.9. The molecule has 1 aliphatic carbocycles. The second-order valence-electron chi connectivity index (χ2n) is 4.44. The molecule has 0 spiro atoms. The van der Waals surface area contributed by atoms with Crippen molar-refractivity contribution in [2.24, 2.45) is 5.73 Å². The first-order valence-electron chi connectivity index (χ1n) is 5.54. The monoisotopic (exact) mass is 220 g/mol. The summed E-state index contributed by atoms with van der Waals surface area (Å²) in [4.78, 5) is 15.3. The fraction of sp³-hybridized carbons (Fsp3) is 0.500. The molecule has 0 unspecified atom stereocenters. The average Bonchev–Trinajstić information content (AvgIpc) is 3.01. The highest BCUT2D eigenvalue weighted by Crippen LogP contribution is 2.31. The van der Waals surface area contributed by atoms with Crippen LogP contribution in [0.1, 0.15) is 48.7 Å². The Bertz CT molecular complexity index is 411. The Morgan fingerprint density at radius 3 is 2.75 bits per heavy atom. The van der Waals surface area contributed by atoms with Gasteiger partial charge in [0, 0.05) is 6.20 Å². The van der Waals surface area contributed by atoms with Gasteiger partial charge in [-0.3, -0.25) is 9.78 Å². The molecule has 1 heterocycles. The quantitative estimate of drug-likeness (QED) is 0.842. The molecule has 1 fully saturated rings. The van der Waals surface area contributed by atoms with Gasteiger partial charge in [-0.2, -0.15) is 0 Å². The van der Waals surface area contributed by atoms with Gasteiger partial charge in [-0.05, 0) is 24.8 Å². The third kappa shape index (κ3) is 2.32. The fourth-order valence-electron chi connectivity index (χ4n) is 1.48. The van der Waals surface area contributed by atoms with Crippen LogP contribution in [0.5, 0.6) is 5.75 Å². The zero-order valence-electron chi connectivity index (χ0n) is 9.56. The van der Waals surface area contributed by atoms with Crippen molar-refractivity contribution < 1.29 is 9.53 Å². The van der Waals surface area contributed by atoms with Crippen LogP contribution in [0, 0.1) is 0 Å². The smallest absolute Gasteiger partial charge is 0.250 e. The fourth-order valence-corrected chi connectivity index (χ4v) is 1.48. The molecular weight excluding hydrogens is 204 g/mol. The van der Waals surface area contributed by atoms with E-state index in [9.17, 15) is 4.79 Å². The summed E-state index contributed by atoms with van der Waals surface area (Å²) in [5.41, 5.74) is 6.51. The van der Waals surface area contributed by atoms with Crippen LogP contribution in [-0.4, -0.2) is 17.0 Å². The third-order valence-corrected chi connectivity index (χ3v) is 2.53. The third-order valence-electron chi connectivity index (χ3n) is 2.53. The summed E-state index contributed by atoms with van der Waals surface area (Å²) in [5, 5.41) is 0. The van der Waals surface area contributed by atoms with Crippen molar-refractivity contribution in [2.45, 2.75) is 38.7 Å². The summed E-state index contributed by atoms with van der Waals surface area (Å²) >= 11 is 0. The van der Waals surface area contributed by atoms with Crippen LogP contribution in [0.2, 0.25) is 0 Å². The molecule has 0 radical (unpaired) electrons. The predicted molar refractivity (Wildman–Crippen MR) is 60.5 cm³/mol. The van der Waals surface area contributed by atoms with Gasteiger partial charge in [0.25, 0.3) is 0 Å². The van der Waals surface area contributed by atoms with E-state index < -0.39 is 5.91 Å². The van der Waals surface area contributed by atoms with Crippen molar-refractivity contribution in [2.75, 3.05) is 0 Å². The SMILES string of the molecule is CC(C)c1ncc(C(N)=O)cc1OC1CC1. The summed E-state index contributed by atoms with van der Waals surface area (Å²) in [7, 11) is 0. The molecule has 1 amide bonds. The molecule has 2 rings (SSSR count). The predicted octanol–water partition coefficient (Wildman–Crippen LogP) is 1.85. The molecule has 16 heavy (non-hydrogen) atoms. The Kier molecular flexibility index (Phi) is 2.81. The van der Waals surface area contributed by atoms with Gasteiger partial charge in [-0.1, -0.05) is 13.8 Å². The van der Waals surface area contributed by atoms with Gasteiger partial charge in [-0.25, -0.2) is 0 Å². The number of primary amides is 1. The lowest BCUT2D eigenvalue weighted by Gasteiger charge is -2.13. The number of amides is 1. The maximum Gasteiger partial charge on any atom is 0.250 e. The maximum atomic E-state index is 11.1. The number of carbonyl (C=O) groups is 1. The molecule has 0 saturated heterocycles. The Morgan fingerprint density at radius 2 is 2.25 bits per heavy atom. The number of rotatable bonds is 4. The Hall–Kier alpha value is -1.58. The molecular formula is C12H16N2O2. The van der Waals surface area contributed by atoms with Crippen molar-refractivity contribution >= 4 is 5.91 Å². The molecule has 0 bridgehead atoms. The van der Waals surface area contributed by atoms with E-state index in [4.69, 9.17) is 10.5 Å². The summed E-state index contributed by atoms with van der Waals surface area (Å²) in [5.74, 6) is 0.507. The summed E-state index contributed by atoms with van der Waals surface area (Å²) in [6.45, 7) is 4.10. The van der Waals surface area contributed by atoms with E-state index in [2.05, 4.69) is 4.98 Å². The Labute approximate surface area is 94.8 Å². The minimum absolute atomic E-state index is 0.274. The average molecular weight is 220 g/mol. The lowest BCUT2D eigenvalue weighted by atomic mass is 10.1. The first-order chi connectivity index (χ1) is 7.58. The molecule has 86 valence electrons. The molecule has 4 nitrogen and oxygen atoms in total. The minimum Gasteiger partial charge on any atom is -0.488 e. The van der Waals surface area contributed by atoms with Crippen molar-refractivity contribution in [3.63, 3.8) is 0 Å². The van der Waals surface area contributed by atoms with E-state index in [-0.39, 0.29) is 5.92 Å². The second kappa shape index (κ2) is 4.12. The van der Waals surface area contributed by atoms with E-state index in [1.54, 1.807) is 6.07 Å². The topological polar surface area (TPSA) is 65.2 Å². The number of ether oxygens (including phenoxy) is 1. The number of hydrogen-bond acceptors (Lipinski definition) is 3. The van der Waals surface area contributed by atoms with Gasteiger partial charge in [-0.15, -0.1) is 0 Å². The largest absolute Gasteiger partial charge is 0.488 e. The lowest BCUT2D eigenvalue weighted by molar-refractivity contribution is 0.0999. The molecule has 0 atom stereocenters. The standard InChI is InChI=1S/C12H16N2O2/c1-7(2)11-10(16-9-3-4-9)5-8(6-14-11)12(13)15/h5-7,9H,3-4H2,1-2H3,(H2,13,15).